The first-order valence-corrected chi connectivity index (χ1v) is 7.29. The number of hydrogen-bond donors (Lipinski definition) is 1. The molecule has 2 aliphatic heterocycles. The summed E-state index contributed by atoms with van der Waals surface area (Å²) in [5.41, 5.74) is 0. The maximum atomic E-state index is 11.7. The molecular weight excluding hydrogens is 228 g/mol. The first-order chi connectivity index (χ1) is 8.70. The van der Waals surface area contributed by atoms with Crippen LogP contribution in [-0.4, -0.2) is 49.2 Å². The van der Waals surface area contributed by atoms with Gasteiger partial charge in [0, 0.05) is 24.7 Å². The number of nitrogens with one attached hydrogen (secondary N) is 1. The van der Waals surface area contributed by atoms with Crippen molar-refractivity contribution >= 4 is 5.91 Å². The molecule has 2 heterocycles. The van der Waals surface area contributed by atoms with E-state index >= 15 is 0 Å². The van der Waals surface area contributed by atoms with Crippen LogP contribution < -0.4 is 5.32 Å². The molecule has 2 bridgehead atoms. The van der Waals surface area contributed by atoms with Crippen LogP contribution in [0.3, 0.4) is 0 Å². The van der Waals surface area contributed by atoms with Gasteiger partial charge >= 0.3 is 0 Å². The monoisotopic (exact) mass is 254 g/mol. The summed E-state index contributed by atoms with van der Waals surface area (Å²) in [5, 5.41) is 3.14. The molecule has 1 N–H and O–H groups in total. The number of piperidine rings is 2. The van der Waals surface area contributed by atoms with E-state index in [1.807, 2.05) is 0 Å². The van der Waals surface area contributed by atoms with Crippen molar-refractivity contribution in [3.63, 3.8) is 0 Å². The minimum atomic E-state index is 0.0519. The molecule has 2 saturated heterocycles. The van der Waals surface area contributed by atoms with Gasteiger partial charge in [0.1, 0.15) is 6.61 Å². The third-order valence-electron chi connectivity index (χ3n) is 4.29. The van der Waals surface area contributed by atoms with Gasteiger partial charge in [0.25, 0.3) is 0 Å². The minimum absolute atomic E-state index is 0.0519. The zero-order valence-electron chi connectivity index (χ0n) is 11.7. The molecule has 104 valence electrons. The molecule has 0 aromatic rings. The number of hydrogen-bond acceptors (Lipinski definition) is 3. The average Bonchev–Trinajstić information content (AvgIpc) is 2.31. The minimum Gasteiger partial charge on any atom is -0.372 e. The Morgan fingerprint density at radius 3 is 2.61 bits per heavy atom. The standard InChI is InChI=1S/C14H26N2O2/c1-3-7-18-10-14(17)15-11-8-12-5-4-6-13(9-11)16(12)2/h11-13H,3-10H2,1-2H3,(H,15,17). The fourth-order valence-corrected chi connectivity index (χ4v) is 3.31. The molecule has 0 saturated carbocycles. The van der Waals surface area contributed by atoms with Crippen LogP contribution >= 0.6 is 0 Å². The van der Waals surface area contributed by atoms with Gasteiger partial charge in [0.05, 0.1) is 0 Å². The predicted molar refractivity (Wildman–Crippen MR) is 71.5 cm³/mol. The Bertz CT molecular complexity index is 269. The van der Waals surface area contributed by atoms with Gasteiger partial charge in [-0.25, -0.2) is 0 Å². The van der Waals surface area contributed by atoms with E-state index in [-0.39, 0.29) is 12.5 Å². The lowest BCUT2D eigenvalue weighted by atomic mass is 9.82. The van der Waals surface area contributed by atoms with Crippen LogP contribution in [0, 0.1) is 0 Å². The molecule has 0 aromatic carbocycles. The molecule has 1 amide bonds. The lowest BCUT2D eigenvalue weighted by Gasteiger charge is -2.47. The maximum Gasteiger partial charge on any atom is 0.246 e. The Balaban J connectivity index is 1.75. The van der Waals surface area contributed by atoms with Gasteiger partial charge in [-0.15, -0.1) is 0 Å². The van der Waals surface area contributed by atoms with Gasteiger partial charge in [-0.2, -0.15) is 0 Å². The molecular formula is C14H26N2O2. The molecule has 0 spiro atoms. The van der Waals surface area contributed by atoms with Crippen molar-refractivity contribution in [2.75, 3.05) is 20.3 Å². The van der Waals surface area contributed by atoms with Crippen LogP contribution in [0.25, 0.3) is 0 Å². The van der Waals surface area contributed by atoms with Crippen molar-refractivity contribution in [2.45, 2.75) is 63.6 Å². The summed E-state index contributed by atoms with van der Waals surface area (Å²) in [7, 11) is 2.23. The first kappa shape index (κ1) is 13.8. The predicted octanol–water partition coefficient (Wildman–Crippen LogP) is 1.54. The third kappa shape index (κ3) is 3.45. The van der Waals surface area contributed by atoms with Gasteiger partial charge in [0.2, 0.25) is 5.91 Å². The summed E-state index contributed by atoms with van der Waals surface area (Å²) in [4.78, 5) is 14.3. The largest absolute Gasteiger partial charge is 0.372 e. The van der Waals surface area contributed by atoms with Crippen molar-refractivity contribution in [3.05, 3.63) is 0 Å². The quantitative estimate of drug-likeness (QED) is 0.757. The Labute approximate surface area is 110 Å². The Hall–Kier alpha value is -0.610. The van der Waals surface area contributed by atoms with Crippen LogP contribution in [-0.2, 0) is 9.53 Å². The van der Waals surface area contributed by atoms with E-state index in [0.29, 0.717) is 24.7 Å². The molecule has 0 aromatic heterocycles. The molecule has 0 aliphatic carbocycles. The highest BCUT2D eigenvalue weighted by Crippen LogP contribution is 2.32. The lowest BCUT2D eigenvalue weighted by Crippen LogP contribution is -2.55. The topological polar surface area (TPSA) is 41.6 Å². The van der Waals surface area contributed by atoms with Crippen LogP contribution in [0.15, 0.2) is 0 Å². The molecule has 4 heteroatoms. The maximum absolute atomic E-state index is 11.7. The van der Waals surface area contributed by atoms with Gasteiger partial charge in [-0.1, -0.05) is 13.3 Å². The molecule has 2 aliphatic rings. The second-order valence-electron chi connectivity index (χ2n) is 5.69. The molecule has 4 nitrogen and oxygen atoms in total. The lowest BCUT2D eigenvalue weighted by molar-refractivity contribution is -0.127. The highest BCUT2D eigenvalue weighted by atomic mass is 16.5. The first-order valence-electron chi connectivity index (χ1n) is 7.29. The van der Waals surface area contributed by atoms with E-state index in [0.717, 1.165) is 19.3 Å². The van der Waals surface area contributed by atoms with Gasteiger partial charge < -0.3 is 15.0 Å². The summed E-state index contributed by atoms with van der Waals surface area (Å²) in [5.74, 6) is 0.0519. The summed E-state index contributed by atoms with van der Waals surface area (Å²) < 4.78 is 5.28. The van der Waals surface area contributed by atoms with Gasteiger partial charge in [-0.3, -0.25) is 4.79 Å². The summed E-state index contributed by atoms with van der Waals surface area (Å²) in [6.45, 7) is 2.94. The van der Waals surface area contributed by atoms with E-state index < -0.39 is 0 Å². The molecule has 2 atom stereocenters. The van der Waals surface area contributed by atoms with Gasteiger partial charge in [-0.05, 0) is 39.2 Å². The third-order valence-corrected chi connectivity index (χ3v) is 4.29. The molecule has 0 radical (unpaired) electrons. The normalized spacial score (nSPS) is 32.2. The molecule has 18 heavy (non-hydrogen) atoms. The number of rotatable bonds is 5. The zero-order chi connectivity index (χ0) is 13.0. The Kier molecular flexibility index (Phi) is 5.01. The second kappa shape index (κ2) is 6.53. The SMILES string of the molecule is CCCOCC(=O)NC1CC2CCCC(C1)N2C. The molecule has 2 rings (SSSR count). The molecule has 2 fully saturated rings. The fraction of sp³-hybridized carbons (Fsp3) is 0.929. The smallest absolute Gasteiger partial charge is 0.246 e. The summed E-state index contributed by atoms with van der Waals surface area (Å²) in [6.07, 6.45) is 7.09. The van der Waals surface area contributed by atoms with Crippen LogP contribution in [0.1, 0.15) is 45.4 Å². The number of amides is 1. The average molecular weight is 254 g/mol. The fourth-order valence-electron chi connectivity index (χ4n) is 3.31. The zero-order valence-corrected chi connectivity index (χ0v) is 11.7. The van der Waals surface area contributed by atoms with Crippen molar-refractivity contribution < 1.29 is 9.53 Å². The highest BCUT2D eigenvalue weighted by molar-refractivity contribution is 5.77. The number of fused-ring (bicyclic) bond motifs is 2. The van der Waals surface area contributed by atoms with Crippen LogP contribution in [0.4, 0.5) is 0 Å². The van der Waals surface area contributed by atoms with Crippen molar-refractivity contribution in [3.8, 4) is 0 Å². The summed E-state index contributed by atoms with van der Waals surface area (Å²) >= 11 is 0. The number of nitrogens with zero attached hydrogens (tertiary/aromatic N) is 1. The number of carbonyl (C=O) groups excluding carboxylic acids is 1. The Morgan fingerprint density at radius 1 is 1.33 bits per heavy atom. The van der Waals surface area contributed by atoms with Crippen molar-refractivity contribution in [2.24, 2.45) is 0 Å². The van der Waals surface area contributed by atoms with E-state index in [1.54, 1.807) is 0 Å². The highest BCUT2D eigenvalue weighted by Gasteiger charge is 2.36. The number of carbonyl (C=O) groups is 1. The van der Waals surface area contributed by atoms with E-state index in [4.69, 9.17) is 4.74 Å². The van der Waals surface area contributed by atoms with E-state index in [9.17, 15) is 4.79 Å². The number of ether oxygens (including phenoxy) is 1. The van der Waals surface area contributed by atoms with Crippen LogP contribution in [0.2, 0.25) is 0 Å². The summed E-state index contributed by atoms with van der Waals surface area (Å²) in [6, 6.07) is 1.69. The second-order valence-corrected chi connectivity index (χ2v) is 5.69. The van der Waals surface area contributed by atoms with Crippen LogP contribution in [0.5, 0.6) is 0 Å². The van der Waals surface area contributed by atoms with Crippen molar-refractivity contribution in [1.82, 2.24) is 10.2 Å². The van der Waals surface area contributed by atoms with Gasteiger partial charge in [0.15, 0.2) is 0 Å². The van der Waals surface area contributed by atoms with Crippen molar-refractivity contribution in [1.29, 1.82) is 0 Å². The molecule has 2 unspecified atom stereocenters. The van der Waals surface area contributed by atoms with E-state index in [2.05, 4.69) is 24.2 Å². The van der Waals surface area contributed by atoms with E-state index in [1.165, 1.54) is 19.3 Å². The Morgan fingerprint density at radius 2 is 2.00 bits per heavy atom.